The van der Waals surface area contributed by atoms with Gasteiger partial charge in [0.05, 0.1) is 20.0 Å². The number of carbonyl (C=O) groups is 1. The lowest BCUT2D eigenvalue weighted by atomic mass is 9.92. The van der Waals surface area contributed by atoms with Crippen LogP contribution in [-0.4, -0.2) is 36.3 Å². The lowest BCUT2D eigenvalue weighted by molar-refractivity contribution is -1.07. The molecule has 0 radical (unpaired) electrons. The highest BCUT2D eigenvalue weighted by Gasteiger charge is 2.26. The number of rotatable bonds is 33. The first-order valence-corrected chi connectivity index (χ1v) is 18.6. The van der Waals surface area contributed by atoms with Crippen LogP contribution in [0.15, 0.2) is 12.2 Å². The average molecular weight is 579 g/mol. The van der Waals surface area contributed by atoms with Crippen LogP contribution in [0.4, 0.5) is 0 Å². The van der Waals surface area contributed by atoms with Gasteiger partial charge in [-0.1, -0.05) is 167 Å². The molecule has 1 N–H and O–H groups in total. The summed E-state index contributed by atoms with van der Waals surface area (Å²) in [5, 5.41) is 10.3. The van der Waals surface area contributed by atoms with E-state index in [1.165, 1.54) is 154 Å². The summed E-state index contributed by atoms with van der Waals surface area (Å²) in [7, 11) is 3.60. The summed E-state index contributed by atoms with van der Waals surface area (Å²) in [6.07, 6.45) is 42.1. The third kappa shape index (κ3) is 32.1. The molecule has 41 heavy (non-hydrogen) atoms. The maximum atomic E-state index is 13.0. The molecule has 0 saturated heterocycles. The highest BCUT2D eigenvalue weighted by molar-refractivity contribution is 5.81. The Morgan fingerprint density at radius 3 is 1.27 bits per heavy atom. The molecule has 3 nitrogen and oxygen atoms in total. The van der Waals surface area contributed by atoms with Gasteiger partial charge in [0.15, 0.2) is 0 Å². The molecule has 0 aliphatic carbocycles. The van der Waals surface area contributed by atoms with E-state index in [0.717, 1.165) is 25.7 Å². The zero-order valence-electron chi connectivity index (χ0n) is 28.7. The number of ketones is 1. The van der Waals surface area contributed by atoms with Gasteiger partial charge in [-0.15, -0.1) is 0 Å². The molecule has 0 aromatic heterocycles. The van der Waals surface area contributed by atoms with E-state index >= 15 is 0 Å². The molecular formula is C38H76NO2+. The van der Waals surface area contributed by atoms with Gasteiger partial charge in [-0.2, -0.15) is 4.65 Å². The molecule has 0 aliphatic heterocycles. The van der Waals surface area contributed by atoms with Gasteiger partial charge in [0.2, 0.25) is 0 Å². The highest BCUT2D eigenvalue weighted by Crippen LogP contribution is 2.20. The van der Waals surface area contributed by atoms with Crippen molar-refractivity contribution in [1.82, 2.24) is 0 Å². The molecule has 0 bridgehead atoms. The molecule has 0 heterocycles. The molecule has 1 unspecified atom stereocenters. The summed E-state index contributed by atoms with van der Waals surface area (Å²) in [5.74, 6) is 0.404. The lowest BCUT2D eigenvalue weighted by Gasteiger charge is -2.25. The standard InChI is InChI=1S/C38H76NO2/c1-5-7-9-11-13-15-17-19-21-23-25-27-29-31-33-35-38(40)37(36-39(3,4)41)34-32-30-28-26-24-22-20-18-16-14-12-10-8-6-2/h19,21,37,41H,5-18,20,22-36H2,1-4H3/q+1/b21-19-. The molecule has 0 amide bonds. The van der Waals surface area contributed by atoms with Crippen LogP contribution in [0.2, 0.25) is 0 Å². The Morgan fingerprint density at radius 1 is 0.537 bits per heavy atom. The van der Waals surface area contributed by atoms with Gasteiger partial charge in [0.25, 0.3) is 0 Å². The Hall–Kier alpha value is -0.670. The van der Waals surface area contributed by atoms with E-state index in [0.29, 0.717) is 18.7 Å². The highest BCUT2D eigenvalue weighted by atomic mass is 16.5. The quantitative estimate of drug-likeness (QED) is 0.0364. The van der Waals surface area contributed by atoms with Crippen LogP contribution in [0.25, 0.3) is 0 Å². The van der Waals surface area contributed by atoms with Crippen molar-refractivity contribution in [3.8, 4) is 0 Å². The van der Waals surface area contributed by atoms with Gasteiger partial charge < -0.3 is 0 Å². The number of allylic oxidation sites excluding steroid dienone is 2. The second kappa shape index (κ2) is 30.8. The van der Waals surface area contributed by atoms with Crippen molar-refractivity contribution in [3.63, 3.8) is 0 Å². The van der Waals surface area contributed by atoms with Gasteiger partial charge in [-0.05, 0) is 38.5 Å². The Morgan fingerprint density at radius 2 is 0.878 bits per heavy atom. The van der Waals surface area contributed by atoms with E-state index in [1.807, 2.05) is 0 Å². The number of quaternary nitrogens is 1. The van der Waals surface area contributed by atoms with Gasteiger partial charge >= 0.3 is 0 Å². The first-order chi connectivity index (χ1) is 19.9. The summed E-state index contributed by atoms with van der Waals surface area (Å²) in [5.41, 5.74) is 0. The van der Waals surface area contributed by atoms with Crippen molar-refractivity contribution in [3.05, 3.63) is 12.2 Å². The van der Waals surface area contributed by atoms with Crippen LogP contribution >= 0.6 is 0 Å². The summed E-state index contributed by atoms with van der Waals surface area (Å²) < 4.78 is -0.0958. The minimum absolute atomic E-state index is 0.0177. The van der Waals surface area contributed by atoms with Gasteiger partial charge in [0, 0.05) is 6.42 Å². The summed E-state index contributed by atoms with van der Waals surface area (Å²) in [6.45, 7) is 5.12. The number of unbranched alkanes of at least 4 members (excludes halogenated alkanes) is 24. The molecule has 0 rings (SSSR count). The molecule has 0 aromatic carbocycles. The van der Waals surface area contributed by atoms with Gasteiger partial charge in [0.1, 0.15) is 12.3 Å². The average Bonchev–Trinajstić information content (AvgIpc) is 2.93. The van der Waals surface area contributed by atoms with Crippen LogP contribution in [0, 0.1) is 5.92 Å². The number of hydrogen-bond acceptors (Lipinski definition) is 2. The Labute approximate surface area is 258 Å². The fourth-order valence-electron chi connectivity index (χ4n) is 6.05. The number of hydrogen-bond donors (Lipinski definition) is 1. The van der Waals surface area contributed by atoms with E-state index in [9.17, 15) is 10.0 Å². The molecule has 0 aromatic rings. The maximum absolute atomic E-state index is 13.0. The number of carbonyl (C=O) groups excluding carboxylic acids is 1. The van der Waals surface area contributed by atoms with E-state index in [4.69, 9.17) is 0 Å². The monoisotopic (exact) mass is 579 g/mol. The van der Waals surface area contributed by atoms with E-state index in [2.05, 4.69) is 26.0 Å². The molecule has 244 valence electrons. The molecule has 1 atom stereocenters. The van der Waals surface area contributed by atoms with Crippen LogP contribution in [0.1, 0.15) is 200 Å². The SMILES string of the molecule is CCCCCCCC/C=C\CCCCCCCC(=O)C(CCCCCCCCCCCCCCCC)C[N+](C)(C)O. The fraction of sp³-hybridized carbons (Fsp3) is 0.921. The van der Waals surface area contributed by atoms with Crippen molar-refractivity contribution in [2.45, 2.75) is 200 Å². The smallest absolute Gasteiger partial charge is 0.141 e. The molecular weight excluding hydrogens is 502 g/mol. The molecule has 3 heteroatoms. The van der Waals surface area contributed by atoms with E-state index < -0.39 is 0 Å². The predicted molar refractivity (Wildman–Crippen MR) is 182 cm³/mol. The first kappa shape index (κ1) is 40.3. The summed E-state index contributed by atoms with van der Waals surface area (Å²) >= 11 is 0. The van der Waals surface area contributed by atoms with E-state index in [-0.39, 0.29) is 10.6 Å². The molecule has 0 aliphatic rings. The second-order valence-electron chi connectivity index (χ2n) is 13.7. The van der Waals surface area contributed by atoms with Crippen LogP contribution in [0.3, 0.4) is 0 Å². The molecule has 0 spiro atoms. The van der Waals surface area contributed by atoms with Gasteiger partial charge in [-0.3, -0.25) is 4.79 Å². The van der Waals surface area contributed by atoms with Crippen molar-refractivity contribution >= 4 is 5.78 Å². The Balaban J connectivity index is 3.79. The van der Waals surface area contributed by atoms with Crippen molar-refractivity contribution in [2.75, 3.05) is 20.6 Å². The number of hydroxylamine groups is 3. The molecule has 0 saturated carbocycles. The van der Waals surface area contributed by atoms with Crippen molar-refractivity contribution in [1.29, 1.82) is 0 Å². The van der Waals surface area contributed by atoms with E-state index in [1.54, 1.807) is 14.1 Å². The maximum Gasteiger partial charge on any atom is 0.141 e. The number of nitrogens with zero attached hydrogens (tertiary/aromatic N) is 1. The first-order valence-electron chi connectivity index (χ1n) is 18.6. The minimum Gasteiger partial charge on any atom is -0.299 e. The summed E-state index contributed by atoms with van der Waals surface area (Å²) in [6, 6.07) is 0. The van der Waals surface area contributed by atoms with Crippen LogP contribution in [0.5, 0.6) is 0 Å². The van der Waals surface area contributed by atoms with Gasteiger partial charge in [-0.25, -0.2) is 5.21 Å². The largest absolute Gasteiger partial charge is 0.299 e. The fourth-order valence-corrected chi connectivity index (χ4v) is 6.05. The lowest BCUT2D eigenvalue weighted by Crippen LogP contribution is -2.42. The third-order valence-electron chi connectivity index (χ3n) is 8.71. The number of Topliss-reactive ketones (excluding diaryl/α,β-unsaturated/α-hetero) is 1. The van der Waals surface area contributed by atoms with Crippen LogP contribution < -0.4 is 0 Å². The zero-order valence-corrected chi connectivity index (χ0v) is 28.7. The van der Waals surface area contributed by atoms with Crippen molar-refractivity contribution < 1.29 is 14.6 Å². The second-order valence-corrected chi connectivity index (χ2v) is 13.7. The predicted octanol–water partition coefficient (Wildman–Crippen LogP) is 12.5. The normalized spacial score (nSPS) is 12.9. The summed E-state index contributed by atoms with van der Waals surface area (Å²) in [4.78, 5) is 13.0. The molecule has 0 fully saturated rings. The Kier molecular flexibility index (Phi) is 30.3. The van der Waals surface area contributed by atoms with Crippen LogP contribution in [-0.2, 0) is 4.79 Å². The topological polar surface area (TPSA) is 37.3 Å². The third-order valence-corrected chi connectivity index (χ3v) is 8.71. The Bertz CT molecular complexity index is 565. The minimum atomic E-state index is -0.0958. The zero-order chi connectivity index (χ0) is 30.3. The van der Waals surface area contributed by atoms with Crippen molar-refractivity contribution in [2.24, 2.45) is 5.92 Å².